The molecule has 2 bridgehead atoms. The van der Waals surface area contributed by atoms with Crippen molar-refractivity contribution in [2.24, 2.45) is 11.8 Å². The first-order valence-corrected chi connectivity index (χ1v) is 39.8. The van der Waals surface area contributed by atoms with Crippen LogP contribution in [0.25, 0.3) is 0 Å². The fourth-order valence-electron chi connectivity index (χ4n) is 17.4. The normalized spacial score (nSPS) is 27.5. The maximum absolute atomic E-state index is 15.9. The zero-order valence-electron chi connectivity index (χ0n) is 66.4. The minimum atomic E-state index is -5.46. The average molecular weight is 1600 g/mol. The second-order valence-electron chi connectivity index (χ2n) is 31.6. The van der Waals surface area contributed by atoms with Gasteiger partial charge in [0.05, 0.1) is 24.6 Å². The van der Waals surface area contributed by atoms with Crippen LogP contribution in [-0.4, -0.2) is 274 Å². The molecule has 9 rings (SSSR count). The van der Waals surface area contributed by atoms with Crippen LogP contribution < -0.4 is 10.6 Å². The van der Waals surface area contributed by atoms with Crippen molar-refractivity contribution >= 4 is 70.9 Å². The molecule has 2 saturated carbocycles. The van der Waals surface area contributed by atoms with Crippen LogP contribution in [0.2, 0.25) is 0 Å². The summed E-state index contributed by atoms with van der Waals surface area (Å²) in [6.07, 6.45) is -4.14. The molecule has 0 unspecified atom stereocenters. The lowest BCUT2D eigenvalue weighted by molar-refractivity contribution is -0.166. The van der Waals surface area contributed by atoms with E-state index in [2.05, 4.69) is 10.6 Å². The van der Waals surface area contributed by atoms with Crippen LogP contribution >= 0.6 is 0 Å². The molecule has 2 aromatic carbocycles. The highest BCUT2D eigenvalue weighted by molar-refractivity contribution is 6.01. The molecular weight excluding hydrogens is 1490 g/mol. The van der Waals surface area contributed by atoms with Crippen molar-refractivity contribution in [2.75, 3.05) is 88.2 Å². The zero-order chi connectivity index (χ0) is 82.9. The fourth-order valence-corrected chi connectivity index (χ4v) is 17.4. The molecule has 5 aliphatic heterocycles. The molecule has 2 aliphatic carbocycles. The number of carbonyl (C=O) groups is 12. The van der Waals surface area contributed by atoms with Crippen LogP contribution in [0.3, 0.4) is 0 Å². The third-order valence-electron chi connectivity index (χ3n) is 24.4. The number of piperidine rings is 1. The van der Waals surface area contributed by atoms with Gasteiger partial charge in [-0.1, -0.05) is 70.7 Å². The number of rotatable bonds is 13. The molecule has 11 atom stereocenters. The maximum atomic E-state index is 15.9. The van der Waals surface area contributed by atoms with E-state index in [0.29, 0.717) is 89.4 Å². The topological polar surface area (TPSA) is 271 Å². The van der Waals surface area contributed by atoms with Gasteiger partial charge in [-0.05, 0) is 150 Å². The zero-order valence-corrected chi connectivity index (χ0v) is 66.4. The first-order chi connectivity index (χ1) is 53.4. The number of likely N-dealkylation sites (tertiary alicyclic amines) is 1. The Morgan fingerprint density at radius 2 is 1.27 bits per heavy atom. The van der Waals surface area contributed by atoms with Gasteiger partial charge in [-0.25, -0.2) is 8.78 Å². The minimum absolute atomic E-state index is 0.0416. The Kier molecular flexibility index (Phi) is 29.4. The van der Waals surface area contributed by atoms with Crippen LogP contribution in [0.1, 0.15) is 178 Å². The largest absolute Gasteiger partial charge is 0.422 e. The van der Waals surface area contributed by atoms with Gasteiger partial charge in [0.1, 0.15) is 77.1 Å². The quantitative estimate of drug-likeness (QED) is 0.147. The van der Waals surface area contributed by atoms with E-state index >= 15 is 61.5 Å². The predicted octanol–water partition coefficient (Wildman–Crippen LogP) is 7.29. The molecule has 12 amide bonds. The Morgan fingerprint density at radius 3 is 1.86 bits per heavy atom. The Bertz CT molecular complexity index is 3830. The number of halogens is 8. The summed E-state index contributed by atoms with van der Waals surface area (Å²) in [5.41, 5.74) is -5.16. The van der Waals surface area contributed by atoms with Crippen LogP contribution in [0, 0.1) is 23.5 Å². The number of likely N-dealkylation sites (N-methyl/N-ethyl adjacent to an activating group) is 6. The number of carbonyl (C=O) groups excluding carboxylic acids is 12. The molecule has 4 saturated heterocycles. The number of aryl methyl sites for hydroxylation is 1. The lowest BCUT2D eigenvalue weighted by atomic mass is 9.73. The number of ether oxygens (including phenoxy) is 1. The van der Waals surface area contributed by atoms with Crippen molar-refractivity contribution in [1.82, 2.24) is 59.6 Å². The van der Waals surface area contributed by atoms with Gasteiger partial charge in [0, 0.05) is 94.5 Å². The summed E-state index contributed by atoms with van der Waals surface area (Å²) in [5, 5.41) is 5.51. The molecule has 0 aromatic heterocycles. The molecule has 2 aromatic rings. The van der Waals surface area contributed by atoms with E-state index in [1.807, 2.05) is 0 Å². The molecule has 1 spiro atoms. The summed E-state index contributed by atoms with van der Waals surface area (Å²) in [6, 6.07) is -8.22. The van der Waals surface area contributed by atoms with Crippen LogP contribution in [0.4, 0.5) is 35.1 Å². The summed E-state index contributed by atoms with van der Waals surface area (Å²) in [6.45, 7) is 6.24. The van der Waals surface area contributed by atoms with Gasteiger partial charge >= 0.3 is 12.4 Å². The first kappa shape index (κ1) is 88.2. The number of hydrogen-bond donors (Lipinski definition) is 2. The molecule has 624 valence electrons. The van der Waals surface area contributed by atoms with E-state index in [4.69, 9.17) is 4.74 Å². The van der Waals surface area contributed by atoms with Crippen molar-refractivity contribution in [1.29, 1.82) is 0 Å². The number of amides is 12. The van der Waals surface area contributed by atoms with Crippen molar-refractivity contribution in [3.63, 3.8) is 0 Å². The summed E-state index contributed by atoms with van der Waals surface area (Å²) in [4.78, 5) is 197. The van der Waals surface area contributed by atoms with E-state index in [0.717, 1.165) is 57.3 Å². The molecular formula is C80H110F8N12O13. The van der Waals surface area contributed by atoms with E-state index in [1.165, 1.54) is 59.7 Å². The monoisotopic (exact) mass is 1600 g/mol. The summed E-state index contributed by atoms with van der Waals surface area (Å²) < 4.78 is 121. The molecule has 25 nitrogen and oxygen atoms in total. The number of hydrogen-bond acceptors (Lipinski definition) is 13. The molecule has 2 N–H and O–H groups in total. The Hall–Kier alpha value is -8.78. The summed E-state index contributed by atoms with van der Waals surface area (Å²) in [5.74, 6) is -14.3. The first-order valence-electron chi connectivity index (χ1n) is 39.8. The number of alkyl halides is 6. The second kappa shape index (κ2) is 37.7. The highest BCUT2D eigenvalue weighted by Crippen LogP contribution is 2.43. The van der Waals surface area contributed by atoms with Crippen LogP contribution in [-0.2, 0) is 87.5 Å². The molecule has 5 heterocycles. The van der Waals surface area contributed by atoms with Gasteiger partial charge in [-0.2, -0.15) is 26.3 Å². The second-order valence-corrected chi connectivity index (χ2v) is 31.6. The van der Waals surface area contributed by atoms with Crippen LogP contribution in [0.5, 0.6) is 0 Å². The number of nitrogens with one attached hydrogen (secondary N) is 2. The standard InChI is InChI=1S/C80H110F8N12O13/c1-11-24-57-68(103)90-66(48(4)12-2)75(110)98-40-22-28-59(98)71(106)93(7)58-27-16-14-21-39-99(74(58)109)61(43-49-29-32-52(33-30-49)79(83,84)85)70(105)91(5)47-63(101)89-56(34-31-50-41-54(81)65(55(82)42-50)80(86,87)88)69(104)100-46-53(113-13-3)44-62(100)72(107)96(10)78(35-23-36-78)77(112)95(9)67(51-25-17-18-26-51)76(111)94(8)60(45-64(102)92(57)6)73(108)97-37-19-15-20-38-97/h14,16,29-30,32-33,41-42,48,51,53,56-62,66-67H,11-13,15,17-28,31,34-40,43-47H2,1-10H3,(H,89,101)(H,90,103)/b16-14-/t48-,53+,56-,57-,58-,59-,60-,61-,62-,66-,67-/m0/s1. The van der Waals surface area contributed by atoms with Crippen molar-refractivity contribution < 1.29 is 97.4 Å². The average Bonchev–Trinajstić information content (AvgIpc) is 1.70. The molecule has 7 aliphatic rings. The Labute approximate surface area is 655 Å². The summed E-state index contributed by atoms with van der Waals surface area (Å²) >= 11 is 0. The highest BCUT2D eigenvalue weighted by Gasteiger charge is 2.57. The maximum Gasteiger partial charge on any atom is 0.422 e. The Morgan fingerprint density at radius 1 is 0.611 bits per heavy atom. The van der Waals surface area contributed by atoms with Gasteiger partial charge in [0.2, 0.25) is 70.9 Å². The van der Waals surface area contributed by atoms with Crippen molar-refractivity contribution in [3.8, 4) is 0 Å². The Balaban J connectivity index is 1.15. The number of nitrogens with zero attached hydrogens (tertiary/aromatic N) is 10. The van der Waals surface area contributed by atoms with Gasteiger partial charge < -0.3 is 64.4 Å². The molecule has 0 radical (unpaired) electrons. The van der Waals surface area contributed by atoms with Gasteiger partial charge in [-0.3, -0.25) is 57.5 Å². The number of fused-ring (bicyclic) bond motifs is 4. The molecule has 33 heteroatoms. The lowest BCUT2D eigenvalue weighted by Crippen LogP contribution is -2.68. The van der Waals surface area contributed by atoms with E-state index in [1.54, 1.807) is 44.7 Å². The fraction of sp³-hybridized carbons (Fsp3) is 0.675. The summed E-state index contributed by atoms with van der Waals surface area (Å²) in [7, 11) is 8.14. The third-order valence-corrected chi connectivity index (χ3v) is 24.4. The van der Waals surface area contributed by atoms with Crippen molar-refractivity contribution in [3.05, 3.63) is 82.4 Å². The third kappa shape index (κ3) is 19.8. The molecule has 113 heavy (non-hydrogen) atoms. The lowest BCUT2D eigenvalue weighted by Gasteiger charge is -2.51. The van der Waals surface area contributed by atoms with Crippen LogP contribution in [0.15, 0.2) is 48.6 Å². The smallest absolute Gasteiger partial charge is 0.377 e. The number of benzene rings is 2. The minimum Gasteiger partial charge on any atom is -0.377 e. The van der Waals surface area contributed by atoms with E-state index < -0.39 is 222 Å². The predicted molar refractivity (Wildman–Crippen MR) is 397 cm³/mol. The van der Waals surface area contributed by atoms with E-state index in [-0.39, 0.29) is 76.8 Å². The SMILES string of the molecule is CCC[C@H]1C(=O)N[C@@H]([C@@H](C)CC)C(=O)N2CCC[C@H]2C(=O)N(C)[C@H]2C/C=C\CCN(C2=O)[C@@H](Cc2ccc(C(F)(F)F)cc2)C(=O)N(C)CC(=O)N[C@@H](CCc2cc(F)c(C(F)(F)F)c(F)c2)C(=O)N2C[C@H](OCC)C[C@H]2C(=O)N(C)C2(CCC2)C(=O)N(C)[C@@H](C2CCCC2)C(=O)N(C)[C@H](C(=O)N2CCCCC2)CC(=O)N1C. The highest BCUT2D eigenvalue weighted by atomic mass is 19.4. The van der Waals surface area contributed by atoms with Gasteiger partial charge in [0.25, 0.3) is 0 Å². The van der Waals surface area contributed by atoms with Gasteiger partial charge in [-0.15, -0.1) is 0 Å². The van der Waals surface area contributed by atoms with E-state index in [9.17, 15) is 31.1 Å². The van der Waals surface area contributed by atoms with Gasteiger partial charge in [0.15, 0.2) is 0 Å². The molecule has 6 fully saturated rings. The van der Waals surface area contributed by atoms with Crippen molar-refractivity contribution in [2.45, 2.75) is 247 Å².